The molecule has 100 valence electrons. The van der Waals surface area contributed by atoms with Crippen molar-refractivity contribution in [3.63, 3.8) is 0 Å². The molecule has 6 nitrogen and oxygen atoms in total. The minimum absolute atomic E-state index is 0.00491. The molecule has 2 saturated carbocycles. The molecule has 3 rings (SSSR count). The Labute approximate surface area is 105 Å². The van der Waals surface area contributed by atoms with Crippen LogP contribution in [-0.4, -0.2) is 44.2 Å². The Morgan fingerprint density at radius 1 is 1.33 bits per heavy atom. The molecule has 1 unspecified atom stereocenters. The highest BCUT2D eigenvalue weighted by Crippen LogP contribution is 2.51. The number of hydrogen-bond donors (Lipinski definition) is 0. The second-order valence-corrected chi connectivity index (χ2v) is 5.10. The highest BCUT2D eigenvalue weighted by Gasteiger charge is 2.58. The van der Waals surface area contributed by atoms with E-state index in [1.807, 2.05) is 0 Å². The van der Waals surface area contributed by atoms with E-state index in [1.165, 1.54) is 7.11 Å². The predicted octanol–water partition coefficient (Wildman–Crippen LogP) is 0.880. The Kier molecular flexibility index (Phi) is 2.79. The van der Waals surface area contributed by atoms with Gasteiger partial charge in [-0.05, 0) is 5.92 Å². The first-order chi connectivity index (χ1) is 8.63. The predicted molar refractivity (Wildman–Crippen MR) is 57.8 cm³/mol. The van der Waals surface area contributed by atoms with Crippen molar-refractivity contribution in [2.24, 2.45) is 11.8 Å². The normalized spacial score (nSPS) is 36.9. The Morgan fingerprint density at radius 3 is 2.72 bits per heavy atom. The largest absolute Gasteiger partial charge is 0.508 e. The van der Waals surface area contributed by atoms with E-state index < -0.39 is 18.0 Å². The summed E-state index contributed by atoms with van der Waals surface area (Å²) < 4.78 is 20.8. The third-order valence-electron chi connectivity index (χ3n) is 4.10. The molecule has 0 radical (unpaired) electrons. The van der Waals surface area contributed by atoms with Crippen LogP contribution >= 0.6 is 0 Å². The molecule has 2 aliphatic carbocycles. The molecule has 0 N–H and O–H groups in total. The quantitative estimate of drug-likeness (QED) is 0.648. The van der Waals surface area contributed by atoms with E-state index in [4.69, 9.17) is 14.2 Å². The lowest BCUT2D eigenvalue weighted by atomic mass is 9.99. The molecule has 0 aromatic heterocycles. The van der Waals surface area contributed by atoms with E-state index in [0.717, 1.165) is 0 Å². The average molecular weight is 256 g/mol. The zero-order chi connectivity index (χ0) is 12.8. The van der Waals surface area contributed by atoms with Gasteiger partial charge in [-0.1, -0.05) is 0 Å². The summed E-state index contributed by atoms with van der Waals surface area (Å²) in [6, 6.07) is 0. The van der Waals surface area contributed by atoms with Gasteiger partial charge in [-0.25, -0.2) is 4.79 Å². The zero-order valence-corrected chi connectivity index (χ0v) is 10.2. The highest BCUT2D eigenvalue weighted by atomic mass is 16.7. The van der Waals surface area contributed by atoms with E-state index in [0.29, 0.717) is 32.5 Å². The molecule has 1 heterocycles. The maximum atomic E-state index is 11.8. The van der Waals surface area contributed by atoms with Crippen molar-refractivity contribution >= 4 is 11.9 Å². The van der Waals surface area contributed by atoms with Crippen molar-refractivity contribution in [2.75, 3.05) is 20.3 Å². The number of rotatable bonds is 1. The van der Waals surface area contributed by atoms with Crippen LogP contribution in [0.15, 0.2) is 0 Å². The summed E-state index contributed by atoms with van der Waals surface area (Å²) in [7, 11) is 1.23. The molecule has 6 heteroatoms. The van der Waals surface area contributed by atoms with E-state index in [-0.39, 0.29) is 17.6 Å². The second-order valence-electron chi connectivity index (χ2n) is 5.10. The number of hydrogen-bond acceptors (Lipinski definition) is 6. The summed E-state index contributed by atoms with van der Waals surface area (Å²) in [5, 5.41) is 0. The Balaban J connectivity index is 1.72. The molecule has 1 aliphatic heterocycles. The van der Waals surface area contributed by atoms with Gasteiger partial charge < -0.3 is 18.9 Å². The van der Waals surface area contributed by atoms with Crippen molar-refractivity contribution < 1.29 is 28.5 Å². The van der Waals surface area contributed by atoms with Crippen LogP contribution < -0.4 is 0 Å². The van der Waals surface area contributed by atoms with Gasteiger partial charge in [0, 0.05) is 25.2 Å². The first-order valence-electron chi connectivity index (χ1n) is 6.19. The first kappa shape index (κ1) is 11.9. The van der Waals surface area contributed by atoms with Gasteiger partial charge >= 0.3 is 6.16 Å². The Morgan fingerprint density at radius 2 is 2.06 bits per heavy atom. The van der Waals surface area contributed by atoms with Crippen LogP contribution in [0, 0.1) is 11.8 Å². The van der Waals surface area contributed by atoms with Gasteiger partial charge in [0.1, 0.15) is 0 Å². The lowest BCUT2D eigenvalue weighted by Crippen LogP contribution is -2.33. The number of fused-ring (bicyclic) bond motifs is 1. The Bertz CT molecular complexity index is 373. The fraction of sp³-hybridized carbons (Fsp3) is 0.833. The number of carbonyl (C=O) groups excluding carboxylic acids is 2. The van der Waals surface area contributed by atoms with E-state index in [2.05, 4.69) is 4.74 Å². The number of Topliss-reactive ketones (excluding diaryl/α,β-unsaturated/α-hetero) is 1. The van der Waals surface area contributed by atoms with Crippen molar-refractivity contribution in [1.29, 1.82) is 0 Å². The third-order valence-corrected chi connectivity index (χ3v) is 4.10. The van der Waals surface area contributed by atoms with Crippen LogP contribution in [0.25, 0.3) is 0 Å². The molecule has 18 heavy (non-hydrogen) atoms. The second kappa shape index (κ2) is 4.20. The maximum Gasteiger partial charge on any atom is 0.508 e. The highest BCUT2D eigenvalue weighted by molar-refractivity contribution is 5.87. The minimum Gasteiger partial charge on any atom is -0.438 e. The standard InChI is InChI=1S/C12H16O6/c1-15-11(14)18-10-8-6-12(16-2-3-17-12)5-7(8)4-9(10)13/h7-8,10H,2-6H2,1H3/t7-,8+,10?/m0/s1. The van der Waals surface area contributed by atoms with Crippen molar-refractivity contribution in [3.05, 3.63) is 0 Å². The van der Waals surface area contributed by atoms with Crippen LogP contribution in [-0.2, 0) is 23.7 Å². The van der Waals surface area contributed by atoms with E-state index in [9.17, 15) is 9.59 Å². The topological polar surface area (TPSA) is 71.1 Å². The summed E-state index contributed by atoms with van der Waals surface area (Å²) in [5.74, 6) is -0.392. The third kappa shape index (κ3) is 1.80. The number of methoxy groups -OCH3 is 1. The molecular weight excluding hydrogens is 240 g/mol. The van der Waals surface area contributed by atoms with Gasteiger partial charge in [0.05, 0.1) is 20.3 Å². The fourth-order valence-corrected chi connectivity index (χ4v) is 3.39. The molecule has 3 aliphatic rings. The Hall–Kier alpha value is -1.14. The molecular formula is C12H16O6. The van der Waals surface area contributed by atoms with Crippen molar-refractivity contribution in [3.8, 4) is 0 Å². The zero-order valence-electron chi connectivity index (χ0n) is 10.2. The molecule has 0 bridgehead atoms. The summed E-state index contributed by atoms with van der Waals surface area (Å²) in [4.78, 5) is 23.0. The smallest absolute Gasteiger partial charge is 0.438 e. The van der Waals surface area contributed by atoms with Crippen LogP contribution in [0.2, 0.25) is 0 Å². The molecule has 1 saturated heterocycles. The number of ketones is 1. The fourth-order valence-electron chi connectivity index (χ4n) is 3.39. The van der Waals surface area contributed by atoms with Crippen molar-refractivity contribution in [1.82, 2.24) is 0 Å². The summed E-state index contributed by atoms with van der Waals surface area (Å²) in [6.45, 7) is 1.19. The molecule has 0 aromatic rings. The van der Waals surface area contributed by atoms with Crippen LogP contribution in [0.5, 0.6) is 0 Å². The van der Waals surface area contributed by atoms with Crippen LogP contribution in [0.3, 0.4) is 0 Å². The van der Waals surface area contributed by atoms with Gasteiger partial charge in [0.25, 0.3) is 0 Å². The first-order valence-corrected chi connectivity index (χ1v) is 6.19. The molecule has 3 atom stereocenters. The van der Waals surface area contributed by atoms with E-state index in [1.54, 1.807) is 0 Å². The van der Waals surface area contributed by atoms with Gasteiger partial charge in [0.2, 0.25) is 0 Å². The summed E-state index contributed by atoms with van der Waals surface area (Å²) in [5.41, 5.74) is 0. The minimum atomic E-state index is -0.803. The SMILES string of the molecule is COC(=O)OC1C(=O)C[C@H]2CC3(C[C@@H]12)OCCO3. The van der Waals surface area contributed by atoms with Gasteiger partial charge in [-0.2, -0.15) is 0 Å². The average Bonchev–Trinajstić information content (AvgIpc) is 3.00. The summed E-state index contributed by atoms with van der Waals surface area (Å²) in [6.07, 6.45) is 0.258. The monoisotopic (exact) mass is 256 g/mol. The van der Waals surface area contributed by atoms with E-state index >= 15 is 0 Å². The lowest BCUT2D eigenvalue weighted by Gasteiger charge is -2.23. The molecule has 0 amide bonds. The lowest BCUT2D eigenvalue weighted by molar-refractivity contribution is -0.159. The maximum absolute atomic E-state index is 11.8. The molecule has 0 aromatic carbocycles. The van der Waals surface area contributed by atoms with Crippen LogP contribution in [0.4, 0.5) is 4.79 Å². The summed E-state index contributed by atoms with van der Waals surface area (Å²) >= 11 is 0. The number of ether oxygens (including phenoxy) is 4. The molecule has 1 spiro atoms. The van der Waals surface area contributed by atoms with Gasteiger partial charge in [-0.15, -0.1) is 0 Å². The number of carbonyl (C=O) groups is 2. The van der Waals surface area contributed by atoms with Gasteiger partial charge in [0.15, 0.2) is 17.7 Å². The van der Waals surface area contributed by atoms with Crippen molar-refractivity contribution in [2.45, 2.75) is 31.2 Å². The molecule has 3 fully saturated rings. The van der Waals surface area contributed by atoms with Crippen LogP contribution in [0.1, 0.15) is 19.3 Å². The van der Waals surface area contributed by atoms with Gasteiger partial charge in [-0.3, -0.25) is 4.79 Å².